The lowest BCUT2D eigenvalue weighted by atomic mass is 9.90. The zero-order chi connectivity index (χ0) is 26.1. The van der Waals surface area contributed by atoms with Crippen LogP contribution in [0.1, 0.15) is 28.2 Å². The molecule has 2 unspecified atom stereocenters. The number of sulfonamides is 1. The summed E-state index contributed by atoms with van der Waals surface area (Å²) < 4.78 is 88.0. The van der Waals surface area contributed by atoms with Gasteiger partial charge in [-0.1, -0.05) is 18.2 Å². The molecule has 1 aliphatic carbocycles. The molecule has 1 aliphatic rings. The maximum absolute atomic E-state index is 14.7. The van der Waals surface area contributed by atoms with Crippen LogP contribution in [0.4, 0.5) is 17.6 Å². The van der Waals surface area contributed by atoms with Crippen LogP contribution in [0.2, 0.25) is 0 Å². The second kappa shape index (κ2) is 10.2. The van der Waals surface area contributed by atoms with Crippen molar-refractivity contribution >= 4 is 10.0 Å². The Bertz CT molecular complexity index is 1340. The first-order valence-corrected chi connectivity index (χ1v) is 12.7. The monoisotopic (exact) mass is 526 g/mol. The highest BCUT2D eigenvalue weighted by Crippen LogP contribution is 2.40. The molecule has 12 heteroatoms. The molecule has 36 heavy (non-hydrogen) atoms. The number of likely N-dealkylation sites (N-methyl/N-ethyl adjacent to an activating group) is 1. The van der Waals surface area contributed by atoms with E-state index < -0.39 is 27.6 Å². The molecule has 0 saturated heterocycles. The minimum absolute atomic E-state index is 0.00394. The summed E-state index contributed by atoms with van der Waals surface area (Å²) in [5.74, 6) is -0.820. The topological polar surface area (TPSA) is 85.2 Å². The summed E-state index contributed by atoms with van der Waals surface area (Å²) in [7, 11) is -0.420. The second-order valence-electron chi connectivity index (χ2n) is 8.69. The SMILES string of the molecule is CNC1Cc2cc(F)c(OCCNS(=O)(=O)c3cnn(C)c3)cc2C1Cc1cccc(C(F)(F)F)c1. The van der Waals surface area contributed by atoms with Gasteiger partial charge >= 0.3 is 6.18 Å². The number of rotatable bonds is 9. The molecule has 0 fully saturated rings. The van der Waals surface area contributed by atoms with Crippen molar-refractivity contribution in [1.29, 1.82) is 0 Å². The van der Waals surface area contributed by atoms with E-state index in [-0.39, 0.29) is 35.8 Å². The first kappa shape index (κ1) is 26.1. The average Bonchev–Trinajstić information content (AvgIpc) is 3.40. The van der Waals surface area contributed by atoms with Gasteiger partial charge in [0.05, 0.1) is 11.8 Å². The maximum atomic E-state index is 14.7. The number of nitrogens with one attached hydrogen (secondary N) is 2. The fraction of sp³-hybridized carbons (Fsp3) is 0.375. The van der Waals surface area contributed by atoms with Crippen LogP contribution in [0.3, 0.4) is 0 Å². The average molecular weight is 527 g/mol. The van der Waals surface area contributed by atoms with Crippen molar-refractivity contribution < 1.29 is 30.7 Å². The number of nitrogens with zero attached hydrogens (tertiary/aromatic N) is 2. The van der Waals surface area contributed by atoms with E-state index in [9.17, 15) is 26.0 Å². The minimum atomic E-state index is -4.44. The number of ether oxygens (including phenoxy) is 1. The normalized spacial score (nSPS) is 17.8. The molecule has 2 N–H and O–H groups in total. The van der Waals surface area contributed by atoms with Crippen molar-refractivity contribution in [2.45, 2.75) is 35.9 Å². The summed E-state index contributed by atoms with van der Waals surface area (Å²) in [6, 6.07) is 8.06. The third-order valence-corrected chi connectivity index (χ3v) is 7.66. The van der Waals surface area contributed by atoms with Gasteiger partial charge in [-0.2, -0.15) is 18.3 Å². The smallest absolute Gasteiger partial charge is 0.416 e. The molecule has 2 atom stereocenters. The van der Waals surface area contributed by atoms with Gasteiger partial charge in [0.25, 0.3) is 0 Å². The number of alkyl halides is 3. The van der Waals surface area contributed by atoms with Crippen molar-refractivity contribution in [3.63, 3.8) is 0 Å². The van der Waals surface area contributed by atoms with Crippen LogP contribution in [-0.4, -0.2) is 44.4 Å². The van der Waals surface area contributed by atoms with Gasteiger partial charge < -0.3 is 10.1 Å². The number of aryl methyl sites for hydroxylation is 1. The Kier molecular flexibility index (Phi) is 7.39. The van der Waals surface area contributed by atoms with Gasteiger partial charge in [-0.3, -0.25) is 4.68 Å². The summed E-state index contributed by atoms with van der Waals surface area (Å²) in [6.45, 7) is -0.219. The highest BCUT2D eigenvalue weighted by Gasteiger charge is 2.34. The van der Waals surface area contributed by atoms with Crippen LogP contribution in [-0.2, 0) is 36.1 Å². The molecule has 0 bridgehead atoms. The van der Waals surface area contributed by atoms with E-state index in [2.05, 4.69) is 15.1 Å². The predicted octanol–water partition coefficient (Wildman–Crippen LogP) is 3.41. The zero-order valence-corrected chi connectivity index (χ0v) is 20.5. The second-order valence-corrected chi connectivity index (χ2v) is 10.5. The van der Waals surface area contributed by atoms with Gasteiger partial charge in [0, 0.05) is 31.7 Å². The first-order valence-electron chi connectivity index (χ1n) is 11.2. The molecule has 0 amide bonds. The van der Waals surface area contributed by atoms with Gasteiger partial charge in [0.15, 0.2) is 11.6 Å². The number of aromatic nitrogens is 2. The lowest BCUT2D eigenvalue weighted by Gasteiger charge is -2.21. The summed E-state index contributed by atoms with van der Waals surface area (Å²) in [5.41, 5.74) is 1.36. The van der Waals surface area contributed by atoms with E-state index in [1.54, 1.807) is 26.2 Å². The molecular formula is C24H26F4N4O3S. The number of halogens is 4. The molecule has 2 aromatic carbocycles. The fourth-order valence-electron chi connectivity index (χ4n) is 4.48. The molecule has 1 aromatic heterocycles. The van der Waals surface area contributed by atoms with Gasteiger partial charge in [0.1, 0.15) is 11.5 Å². The van der Waals surface area contributed by atoms with Crippen molar-refractivity contribution in [2.24, 2.45) is 7.05 Å². The lowest BCUT2D eigenvalue weighted by molar-refractivity contribution is -0.137. The molecule has 7 nitrogen and oxygen atoms in total. The van der Waals surface area contributed by atoms with Crippen molar-refractivity contribution in [2.75, 3.05) is 20.2 Å². The zero-order valence-electron chi connectivity index (χ0n) is 19.6. The van der Waals surface area contributed by atoms with Gasteiger partial charge in [-0.25, -0.2) is 17.5 Å². The Hall–Kier alpha value is -2.96. The van der Waals surface area contributed by atoms with E-state index in [0.29, 0.717) is 18.4 Å². The van der Waals surface area contributed by atoms with Crippen LogP contribution in [0.15, 0.2) is 53.7 Å². The Morgan fingerprint density at radius 2 is 2.00 bits per heavy atom. The van der Waals surface area contributed by atoms with Crippen molar-refractivity contribution in [1.82, 2.24) is 19.8 Å². The number of hydrogen-bond donors (Lipinski definition) is 2. The van der Waals surface area contributed by atoms with E-state index >= 15 is 0 Å². The van der Waals surface area contributed by atoms with Gasteiger partial charge in [0.2, 0.25) is 10.0 Å². The highest BCUT2D eigenvalue weighted by molar-refractivity contribution is 7.89. The molecule has 0 radical (unpaired) electrons. The number of fused-ring (bicyclic) bond motifs is 1. The quantitative estimate of drug-likeness (QED) is 0.330. The van der Waals surface area contributed by atoms with Gasteiger partial charge in [-0.15, -0.1) is 0 Å². The van der Waals surface area contributed by atoms with Crippen molar-refractivity contribution in [3.05, 3.63) is 76.9 Å². The first-order chi connectivity index (χ1) is 17.0. The lowest BCUT2D eigenvalue weighted by Crippen LogP contribution is -2.30. The Labute approximate surface area is 206 Å². The number of benzene rings is 2. The molecule has 1 heterocycles. The standard InChI is InChI=1S/C24H26F4N4O3S/c1-29-22-11-16-10-21(25)23(35-7-6-31-36(33,34)18-13-30-32(2)14-18)12-19(16)20(22)9-15-4-3-5-17(8-15)24(26,27)28/h3-5,8,10,12-14,20,22,29,31H,6-7,9,11H2,1-2H3. The predicted molar refractivity (Wildman–Crippen MR) is 125 cm³/mol. The largest absolute Gasteiger partial charge is 0.489 e. The van der Waals surface area contributed by atoms with E-state index in [1.807, 2.05) is 0 Å². The van der Waals surface area contributed by atoms with Gasteiger partial charge in [-0.05, 0) is 54.8 Å². The molecule has 0 aliphatic heterocycles. The van der Waals surface area contributed by atoms with Crippen LogP contribution in [0.25, 0.3) is 0 Å². The van der Waals surface area contributed by atoms with Crippen LogP contribution < -0.4 is 14.8 Å². The minimum Gasteiger partial charge on any atom is -0.489 e. The molecule has 3 aromatic rings. The highest BCUT2D eigenvalue weighted by atomic mass is 32.2. The Balaban J connectivity index is 1.47. The van der Waals surface area contributed by atoms with Crippen LogP contribution >= 0.6 is 0 Å². The summed E-state index contributed by atoms with van der Waals surface area (Å²) >= 11 is 0. The molecule has 194 valence electrons. The summed E-state index contributed by atoms with van der Waals surface area (Å²) in [6.07, 6.45) is -1.01. The Morgan fingerprint density at radius 1 is 1.22 bits per heavy atom. The van der Waals surface area contributed by atoms with Crippen molar-refractivity contribution in [3.8, 4) is 5.75 Å². The third kappa shape index (κ3) is 5.71. The number of hydrogen-bond acceptors (Lipinski definition) is 5. The van der Waals surface area contributed by atoms with E-state index in [4.69, 9.17) is 4.74 Å². The molecule has 4 rings (SSSR count). The summed E-state index contributed by atoms with van der Waals surface area (Å²) in [5, 5.41) is 7.01. The maximum Gasteiger partial charge on any atom is 0.416 e. The molecule has 0 saturated carbocycles. The Morgan fingerprint density at radius 3 is 2.67 bits per heavy atom. The third-order valence-electron chi connectivity index (χ3n) is 6.24. The fourth-order valence-corrected chi connectivity index (χ4v) is 5.48. The molecule has 0 spiro atoms. The van der Waals surface area contributed by atoms with Crippen LogP contribution in [0.5, 0.6) is 5.75 Å². The van der Waals surface area contributed by atoms with E-state index in [0.717, 1.165) is 23.3 Å². The summed E-state index contributed by atoms with van der Waals surface area (Å²) in [4.78, 5) is 0.00394. The van der Waals surface area contributed by atoms with Crippen LogP contribution in [0, 0.1) is 5.82 Å². The van der Waals surface area contributed by atoms with E-state index in [1.165, 1.54) is 29.2 Å². The molecular weight excluding hydrogens is 500 g/mol.